The minimum Gasteiger partial charge on any atom is -0.334 e. The Morgan fingerprint density at radius 3 is 2.46 bits per heavy atom. The van der Waals surface area contributed by atoms with Crippen LogP contribution < -0.4 is 19.8 Å². The third-order valence-electron chi connectivity index (χ3n) is 4.55. The molecule has 0 radical (unpaired) electrons. The zero-order valence-corrected chi connectivity index (χ0v) is 16.3. The van der Waals surface area contributed by atoms with E-state index in [-0.39, 0.29) is 11.2 Å². The molecular weight excluding hydrogens is 376 g/mol. The molecule has 3 aromatic rings. The van der Waals surface area contributed by atoms with Crippen LogP contribution >= 0.6 is 11.3 Å². The van der Waals surface area contributed by atoms with Crippen LogP contribution in [0.25, 0.3) is 6.08 Å². The standard InChI is InChI=1S/C20H18N4O3S/c1-13-7-14(2)9-17(8-13)22-11-21-20-23(12-22)19(25)18(28-20)10-15-3-5-16(6-4-15)24(26)27/h3-10H,11-12H2,1-2H3. The van der Waals surface area contributed by atoms with Crippen LogP contribution in [0.3, 0.4) is 0 Å². The van der Waals surface area contributed by atoms with E-state index < -0.39 is 4.92 Å². The predicted octanol–water partition coefficient (Wildman–Crippen LogP) is 2.32. The zero-order chi connectivity index (χ0) is 19.8. The average Bonchev–Trinajstić information content (AvgIpc) is 2.96. The van der Waals surface area contributed by atoms with Gasteiger partial charge in [-0.1, -0.05) is 17.4 Å². The molecule has 4 rings (SSSR count). The van der Waals surface area contributed by atoms with E-state index in [0.29, 0.717) is 22.7 Å². The quantitative estimate of drug-likeness (QED) is 0.504. The van der Waals surface area contributed by atoms with Crippen molar-refractivity contribution in [1.82, 2.24) is 4.57 Å². The number of hydrogen-bond donors (Lipinski definition) is 0. The molecule has 2 aromatic carbocycles. The highest BCUT2D eigenvalue weighted by Crippen LogP contribution is 2.20. The molecule has 28 heavy (non-hydrogen) atoms. The van der Waals surface area contributed by atoms with Gasteiger partial charge < -0.3 is 4.90 Å². The molecule has 142 valence electrons. The van der Waals surface area contributed by atoms with E-state index in [1.807, 2.05) is 0 Å². The van der Waals surface area contributed by atoms with Gasteiger partial charge in [-0.2, -0.15) is 0 Å². The lowest BCUT2D eigenvalue weighted by Crippen LogP contribution is -2.42. The first-order chi connectivity index (χ1) is 13.4. The lowest BCUT2D eigenvalue weighted by atomic mass is 10.1. The number of nitro groups is 1. The molecule has 1 aliphatic rings. The summed E-state index contributed by atoms with van der Waals surface area (Å²) in [5.41, 5.74) is 4.06. The summed E-state index contributed by atoms with van der Waals surface area (Å²) in [6, 6.07) is 12.4. The average molecular weight is 394 g/mol. The molecular formula is C20H18N4O3S. The van der Waals surface area contributed by atoms with E-state index in [0.717, 1.165) is 11.3 Å². The smallest absolute Gasteiger partial charge is 0.271 e. The van der Waals surface area contributed by atoms with Crippen LogP contribution in [0.15, 0.2) is 52.3 Å². The Bertz CT molecular complexity index is 1220. The highest BCUT2D eigenvalue weighted by atomic mass is 32.1. The normalized spacial score (nSPS) is 13.9. The second-order valence-corrected chi connectivity index (χ2v) is 7.81. The fourth-order valence-electron chi connectivity index (χ4n) is 3.25. The van der Waals surface area contributed by atoms with Gasteiger partial charge in [0.25, 0.3) is 11.2 Å². The molecule has 0 fully saturated rings. The molecule has 1 aliphatic heterocycles. The van der Waals surface area contributed by atoms with Crippen LogP contribution in [0, 0.1) is 24.0 Å². The maximum absolute atomic E-state index is 12.9. The summed E-state index contributed by atoms with van der Waals surface area (Å²) in [6.07, 6.45) is 1.75. The first-order valence-electron chi connectivity index (χ1n) is 8.74. The molecule has 8 heteroatoms. The Morgan fingerprint density at radius 2 is 1.82 bits per heavy atom. The van der Waals surface area contributed by atoms with Gasteiger partial charge in [-0.25, -0.2) is 4.99 Å². The maximum atomic E-state index is 12.9. The first kappa shape index (κ1) is 18.1. The van der Waals surface area contributed by atoms with Gasteiger partial charge in [0, 0.05) is 17.8 Å². The fraction of sp³-hybridized carbons (Fsp3) is 0.200. The van der Waals surface area contributed by atoms with Crippen molar-refractivity contribution in [3.8, 4) is 0 Å². The predicted molar refractivity (Wildman–Crippen MR) is 109 cm³/mol. The molecule has 0 N–H and O–H groups in total. The van der Waals surface area contributed by atoms with Gasteiger partial charge in [-0.05, 0) is 60.9 Å². The van der Waals surface area contributed by atoms with E-state index in [1.165, 1.54) is 34.6 Å². The van der Waals surface area contributed by atoms with E-state index in [2.05, 4.69) is 41.9 Å². The molecule has 2 heterocycles. The maximum Gasteiger partial charge on any atom is 0.271 e. The summed E-state index contributed by atoms with van der Waals surface area (Å²) < 4.78 is 2.23. The summed E-state index contributed by atoms with van der Waals surface area (Å²) >= 11 is 1.34. The van der Waals surface area contributed by atoms with Gasteiger partial charge in [0.15, 0.2) is 4.80 Å². The van der Waals surface area contributed by atoms with Crippen LogP contribution in [-0.4, -0.2) is 16.2 Å². The van der Waals surface area contributed by atoms with E-state index in [4.69, 9.17) is 0 Å². The number of rotatable bonds is 3. The number of nitrogens with zero attached hydrogens (tertiary/aromatic N) is 4. The number of benzene rings is 2. The highest BCUT2D eigenvalue weighted by molar-refractivity contribution is 7.07. The molecule has 0 saturated heterocycles. The number of fused-ring (bicyclic) bond motifs is 1. The van der Waals surface area contributed by atoms with Crippen molar-refractivity contribution in [2.45, 2.75) is 20.5 Å². The number of thiazole rings is 1. The number of nitro benzene ring substituents is 1. The lowest BCUT2D eigenvalue weighted by molar-refractivity contribution is -0.384. The zero-order valence-electron chi connectivity index (χ0n) is 15.5. The lowest BCUT2D eigenvalue weighted by Gasteiger charge is -2.26. The van der Waals surface area contributed by atoms with Gasteiger partial charge in [-0.15, -0.1) is 0 Å². The summed E-state index contributed by atoms with van der Waals surface area (Å²) in [5, 5.41) is 10.8. The molecule has 0 atom stereocenters. The summed E-state index contributed by atoms with van der Waals surface area (Å²) in [6.45, 7) is 5.05. The van der Waals surface area contributed by atoms with Crippen LogP contribution in [0.1, 0.15) is 16.7 Å². The summed E-state index contributed by atoms with van der Waals surface area (Å²) in [4.78, 5) is 30.5. The van der Waals surface area contributed by atoms with Gasteiger partial charge in [0.05, 0.1) is 9.46 Å². The topological polar surface area (TPSA) is 80.7 Å². The summed E-state index contributed by atoms with van der Waals surface area (Å²) in [7, 11) is 0. The Hall–Kier alpha value is -3.26. The van der Waals surface area contributed by atoms with Crippen molar-refractivity contribution in [2.24, 2.45) is 4.99 Å². The second kappa shape index (κ2) is 7.05. The summed E-state index contributed by atoms with van der Waals surface area (Å²) in [5.74, 6) is 0. The monoisotopic (exact) mass is 394 g/mol. The number of aryl methyl sites for hydroxylation is 2. The molecule has 0 aliphatic carbocycles. The van der Waals surface area contributed by atoms with E-state index >= 15 is 0 Å². The Kier molecular flexibility index (Phi) is 4.56. The largest absolute Gasteiger partial charge is 0.334 e. The molecule has 7 nitrogen and oxygen atoms in total. The number of aromatic nitrogens is 1. The van der Waals surface area contributed by atoms with Crippen LogP contribution in [0.4, 0.5) is 11.4 Å². The number of hydrogen-bond acceptors (Lipinski definition) is 6. The van der Waals surface area contributed by atoms with Crippen LogP contribution in [-0.2, 0) is 6.67 Å². The second-order valence-electron chi connectivity index (χ2n) is 6.80. The van der Waals surface area contributed by atoms with E-state index in [9.17, 15) is 14.9 Å². The van der Waals surface area contributed by atoms with Crippen molar-refractivity contribution in [3.05, 3.63) is 89.0 Å². The van der Waals surface area contributed by atoms with Crippen molar-refractivity contribution >= 4 is 28.8 Å². The fourth-order valence-corrected chi connectivity index (χ4v) is 4.21. The van der Waals surface area contributed by atoms with Crippen molar-refractivity contribution in [2.75, 3.05) is 11.6 Å². The molecule has 0 saturated carbocycles. The van der Waals surface area contributed by atoms with Gasteiger partial charge >= 0.3 is 0 Å². The SMILES string of the molecule is Cc1cc(C)cc(N2CN=c3sc(=Cc4ccc([N+](=O)[O-])cc4)c(=O)n3C2)c1. The third kappa shape index (κ3) is 3.46. The Morgan fingerprint density at radius 1 is 1.14 bits per heavy atom. The number of non-ortho nitro benzene ring substituents is 1. The van der Waals surface area contributed by atoms with Gasteiger partial charge in [0.2, 0.25) is 0 Å². The van der Waals surface area contributed by atoms with Gasteiger partial charge in [0.1, 0.15) is 13.3 Å². The molecule has 0 spiro atoms. The van der Waals surface area contributed by atoms with E-state index in [1.54, 1.807) is 22.8 Å². The third-order valence-corrected chi connectivity index (χ3v) is 5.59. The minimum absolute atomic E-state index is 0.0263. The minimum atomic E-state index is -0.441. The Labute approximate surface area is 164 Å². The van der Waals surface area contributed by atoms with Crippen molar-refractivity contribution in [1.29, 1.82) is 0 Å². The van der Waals surface area contributed by atoms with Crippen molar-refractivity contribution in [3.63, 3.8) is 0 Å². The highest BCUT2D eigenvalue weighted by Gasteiger charge is 2.16. The van der Waals surface area contributed by atoms with Gasteiger partial charge in [-0.3, -0.25) is 19.5 Å². The van der Waals surface area contributed by atoms with Crippen LogP contribution in [0.2, 0.25) is 0 Å². The molecule has 0 unspecified atom stereocenters. The van der Waals surface area contributed by atoms with Crippen molar-refractivity contribution < 1.29 is 4.92 Å². The number of anilines is 1. The Balaban J connectivity index is 1.68. The molecule has 1 aromatic heterocycles. The first-order valence-corrected chi connectivity index (χ1v) is 9.56. The molecule has 0 bridgehead atoms. The van der Waals surface area contributed by atoms with Crippen LogP contribution in [0.5, 0.6) is 0 Å². The molecule has 0 amide bonds.